The lowest BCUT2D eigenvalue weighted by atomic mass is 10.2. The molecule has 0 saturated carbocycles. The van der Waals surface area contributed by atoms with Gasteiger partial charge in [-0.2, -0.15) is 0 Å². The third-order valence-corrected chi connectivity index (χ3v) is 5.20. The van der Waals surface area contributed by atoms with Crippen LogP contribution in [0.25, 0.3) is 10.9 Å². The van der Waals surface area contributed by atoms with Gasteiger partial charge in [0.1, 0.15) is 17.3 Å². The van der Waals surface area contributed by atoms with Crippen LogP contribution in [0.1, 0.15) is 13.8 Å². The van der Waals surface area contributed by atoms with E-state index in [2.05, 4.69) is 10.3 Å². The van der Waals surface area contributed by atoms with Crippen LogP contribution in [0, 0.1) is 17.6 Å². The number of para-hydroxylation sites is 1. The highest BCUT2D eigenvalue weighted by Gasteiger charge is 2.16. The van der Waals surface area contributed by atoms with Crippen LogP contribution in [0.4, 0.5) is 14.5 Å². The van der Waals surface area contributed by atoms with E-state index in [-0.39, 0.29) is 17.2 Å². The van der Waals surface area contributed by atoms with Crippen LogP contribution in [0.15, 0.2) is 46.3 Å². The predicted octanol–water partition coefficient (Wildman–Crippen LogP) is 4.71. The molecule has 0 bridgehead atoms. The molecule has 9 heteroatoms. The van der Waals surface area contributed by atoms with Crippen LogP contribution in [0.2, 0.25) is 5.02 Å². The van der Waals surface area contributed by atoms with E-state index < -0.39 is 23.2 Å². The Balaban J connectivity index is 1.87. The van der Waals surface area contributed by atoms with E-state index in [9.17, 15) is 18.4 Å². The van der Waals surface area contributed by atoms with Crippen molar-refractivity contribution < 1.29 is 13.6 Å². The molecule has 152 valence electrons. The van der Waals surface area contributed by atoms with E-state index in [0.717, 1.165) is 23.9 Å². The van der Waals surface area contributed by atoms with Crippen molar-refractivity contribution in [1.29, 1.82) is 0 Å². The molecule has 0 saturated heterocycles. The molecule has 1 aromatic heterocycles. The smallest absolute Gasteiger partial charge is 0.262 e. The van der Waals surface area contributed by atoms with Gasteiger partial charge >= 0.3 is 0 Å². The largest absolute Gasteiger partial charge is 0.320 e. The summed E-state index contributed by atoms with van der Waals surface area (Å²) in [6.07, 6.45) is 0. The van der Waals surface area contributed by atoms with Crippen LogP contribution in [0.3, 0.4) is 0 Å². The van der Waals surface area contributed by atoms with Crippen molar-refractivity contribution in [3.05, 3.63) is 63.4 Å². The molecule has 0 radical (unpaired) electrons. The topological polar surface area (TPSA) is 64.0 Å². The minimum Gasteiger partial charge on any atom is -0.320 e. The van der Waals surface area contributed by atoms with Crippen molar-refractivity contribution in [2.75, 3.05) is 11.1 Å². The molecule has 0 aliphatic heterocycles. The summed E-state index contributed by atoms with van der Waals surface area (Å²) < 4.78 is 28.9. The van der Waals surface area contributed by atoms with Gasteiger partial charge in [0, 0.05) is 11.6 Å². The Bertz CT molecular complexity index is 1110. The fourth-order valence-corrected chi connectivity index (χ4v) is 3.71. The molecule has 0 aliphatic carbocycles. The number of rotatable bonds is 6. The number of fused-ring (bicyclic) bond motifs is 1. The molecule has 5 nitrogen and oxygen atoms in total. The van der Waals surface area contributed by atoms with E-state index in [1.807, 2.05) is 13.8 Å². The van der Waals surface area contributed by atoms with Gasteiger partial charge in [0.25, 0.3) is 5.56 Å². The summed E-state index contributed by atoms with van der Waals surface area (Å²) in [4.78, 5) is 29.6. The number of carbonyl (C=O) groups is 1. The molecule has 0 atom stereocenters. The van der Waals surface area contributed by atoms with Gasteiger partial charge in [-0.05, 0) is 36.2 Å². The molecular weight excluding hydrogens is 420 g/mol. The van der Waals surface area contributed by atoms with Crippen molar-refractivity contribution in [2.45, 2.75) is 25.5 Å². The highest BCUT2D eigenvalue weighted by atomic mass is 35.5. The first-order valence-electron chi connectivity index (χ1n) is 8.83. The van der Waals surface area contributed by atoms with Gasteiger partial charge in [0.15, 0.2) is 5.16 Å². The van der Waals surface area contributed by atoms with Gasteiger partial charge in [0.05, 0.1) is 16.7 Å². The Morgan fingerprint density at radius 2 is 1.93 bits per heavy atom. The van der Waals surface area contributed by atoms with E-state index in [1.165, 1.54) is 10.6 Å². The summed E-state index contributed by atoms with van der Waals surface area (Å²) >= 11 is 7.02. The number of nitrogens with one attached hydrogen (secondary N) is 1. The van der Waals surface area contributed by atoms with Gasteiger partial charge in [-0.25, -0.2) is 13.8 Å². The summed E-state index contributed by atoms with van der Waals surface area (Å²) in [6, 6.07) is 8.16. The van der Waals surface area contributed by atoms with Crippen LogP contribution in [-0.4, -0.2) is 21.2 Å². The minimum atomic E-state index is -0.860. The highest BCUT2D eigenvalue weighted by molar-refractivity contribution is 7.99. The SMILES string of the molecule is CC(C)Cn1c(SCC(=O)Nc2c(F)cccc2F)nc2ccc(Cl)cc2c1=O. The Hall–Kier alpha value is -2.45. The van der Waals surface area contributed by atoms with Gasteiger partial charge in [-0.3, -0.25) is 14.2 Å². The molecule has 1 N–H and O–H groups in total. The van der Waals surface area contributed by atoms with Crippen LogP contribution in [-0.2, 0) is 11.3 Å². The van der Waals surface area contributed by atoms with Crippen molar-refractivity contribution in [2.24, 2.45) is 5.92 Å². The molecule has 2 aromatic carbocycles. The number of amides is 1. The molecule has 3 aromatic rings. The van der Waals surface area contributed by atoms with E-state index in [0.29, 0.717) is 27.6 Å². The van der Waals surface area contributed by atoms with Gasteiger partial charge in [-0.15, -0.1) is 0 Å². The number of nitrogens with zero attached hydrogens (tertiary/aromatic N) is 2. The molecule has 0 unspecified atom stereocenters. The molecule has 3 rings (SSSR count). The number of thioether (sulfide) groups is 1. The minimum absolute atomic E-state index is 0.159. The number of benzene rings is 2. The second-order valence-electron chi connectivity index (χ2n) is 6.80. The summed E-state index contributed by atoms with van der Waals surface area (Å²) in [6.45, 7) is 4.31. The average Bonchev–Trinajstić information content (AvgIpc) is 2.66. The molecular formula is C20H18ClF2N3O2S. The van der Waals surface area contributed by atoms with Crippen LogP contribution < -0.4 is 10.9 Å². The van der Waals surface area contributed by atoms with Gasteiger partial charge in [0.2, 0.25) is 5.91 Å². The van der Waals surface area contributed by atoms with Crippen LogP contribution in [0.5, 0.6) is 0 Å². The first kappa shape index (κ1) is 21.3. The van der Waals surface area contributed by atoms with Crippen LogP contribution >= 0.6 is 23.4 Å². The number of carbonyl (C=O) groups excluding carboxylic acids is 1. The molecule has 29 heavy (non-hydrogen) atoms. The number of hydrogen-bond donors (Lipinski definition) is 1. The quantitative estimate of drug-likeness (QED) is 0.448. The Kier molecular flexibility index (Phi) is 6.54. The summed E-state index contributed by atoms with van der Waals surface area (Å²) in [5.74, 6) is -2.34. The summed E-state index contributed by atoms with van der Waals surface area (Å²) in [7, 11) is 0. The Morgan fingerprint density at radius 1 is 1.24 bits per heavy atom. The van der Waals surface area contributed by atoms with Gasteiger partial charge in [-0.1, -0.05) is 43.3 Å². The summed E-state index contributed by atoms with van der Waals surface area (Å²) in [5.41, 5.74) is -0.296. The fourth-order valence-electron chi connectivity index (χ4n) is 2.73. The third kappa shape index (κ3) is 4.94. The van der Waals surface area contributed by atoms with E-state index >= 15 is 0 Å². The second-order valence-corrected chi connectivity index (χ2v) is 8.18. The fraction of sp³-hybridized carbons (Fsp3) is 0.250. The van der Waals surface area contributed by atoms with Crippen molar-refractivity contribution in [3.63, 3.8) is 0 Å². The first-order chi connectivity index (χ1) is 13.8. The maximum Gasteiger partial charge on any atom is 0.262 e. The molecule has 1 amide bonds. The van der Waals surface area contributed by atoms with Crippen molar-refractivity contribution >= 4 is 45.9 Å². The Morgan fingerprint density at radius 3 is 2.59 bits per heavy atom. The lowest BCUT2D eigenvalue weighted by Gasteiger charge is -2.15. The van der Waals surface area contributed by atoms with Crippen molar-refractivity contribution in [1.82, 2.24) is 9.55 Å². The maximum absolute atomic E-state index is 13.7. The lowest BCUT2D eigenvalue weighted by molar-refractivity contribution is -0.113. The molecule has 0 spiro atoms. The zero-order chi connectivity index (χ0) is 21.1. The first-order valence-corrected chi connectivity index (χ1v) is 10.2. The molecule has 0 fully saturated rings. The highest BCUT2D eigenvalue weighted by Crippen LogP contribution is 2.22. The monoisotopic (exact) mass is 437 g/mol. The zero-order valence-electron chi connectivity index (χ0n) is 15.7. The predicted molar refractivity (Wildman–Crippen MR) is 112 cm³/mol. The number of aromatic nitrogens is 2. The van der Waals surface area contributed by atoms with E-state index in [4.69, 9.17) is 11.6 Å². The average molecular weight is 438 g/mol. The number of anilines is 1. The number of halogens is 3. The van der Waals surface area contributed by atoms with Crippen molar-refractivity contribution in [3.8, 4) is 0 Å². The van der Waals surface area contributed by atoms with Gasteiger partial charge < -0.3 is 5.32 Å². The zero-order valence-corrected chi connectivity index (χ0v) is 17.3. The summed E-state index contributed by atoms with van der Waals surface area (Å²) in [5, 5.41) is 3.39. The normalized spacial score (nSPS) is 11.2. The number of hydrogen-bond acceptors (Lipinski definition) is 4. The standard InChI is InChI=1S/C20H18ClF2N3O2S/c1-11(2)9-26-19(28)13-8-12(21)6-7-16(13)24-20(26)29-10-17(27)25-18-14(22)4-3-5-15(18)23/h3-8,11H,9-10H2,1-2H3,(H,25,27). The lowest BCUT2D eigenvalue weighted by Crippen LogP contribution is -2.26. The maximum atomic E-state index is 13.7. The third-order valence-electron chi connectivity index (χ3n) is 3.99. The molecule has 0 aliphatic rings. The van der Waals surface area contributed by atoms with E-state index in [1.54, 1.807) is 18.2 Å². The second kappa shape index (κ2) is 8.92. The molecule has 1 heterocycles. The Labute approximate surface area is 175 Å².